The molecule has 0 bridgehead atoms. The monoisotopic (exact) mass is 395 g/mol. The van der Waals surface area contributed by atoms with E-state index >= 15 is 0 Å². The Morgan fingerprint density at radius 2 is 2.35 bits per heavy atom. The van der Waals surface area contributed by atoms with E-state index in [2.05, 4.69) is 10.3 Å². The van der Waals surface area contributed by atoms with Crippen LogP contribution >= 0.6 is 24.0 Å². The fraction of sp³-hybridized carbons (Fsp3) is 0.636. The molecule has 0 aliphatic carbocycles. The predicted octanol–water partition coefficient (Wildman–Crippen LogP) is -0.218. The Morgan fingerprint density at radius 1 is 1.60 bits per heavy atom. The van der Waals surface area contributed by atoms with E-state index in [4.69, 9.17) is 15.3 Å². The SMILES string of the molecule is CN1CNc2c(ncn2[C@H]2C[C@H](O)[C@@H](CO)O2)C1=N.I. The average molecular weight is 395 g/mol. The molecule has 0 spiro atoms. The molecule has 1 aromatic rings. The van der Waals surface area contributed by atoms with E-state index in [0.717, 1.165) is 5.82 Å². The van der Waals surface area contributed by atoms with Crippen LogP contribution in [0.4, 0.5) is 5.82 Å². The maximum absolute atomic E-state index is 9.77. The van der Waals surface area contributed by atoms with Crippen LogP contribution in [0, 0.1) is 5.41 Å². The van der Waals surface area contributed by atoms with Crippen molar-refractivity contribution in [3.63, 3.8) is 0 Å². The molecule has 8 nitrogen and oxygen atoms in total. The molecule has 0 saturated carbocycles. The maximum Gasteiger partial charge on any atom is 0.152 e. The number of ether oxygens (including phenoxy) is 1. The Balaban J connectivity index is 0.00000147. The van der Waals surface area contributed by atoms with Crippen molar-refractivity contribution in [1.82, 2.24) is 14.5 Å². The zero-order chi connectivity index (χ0) is 13.6. The van der Waals surface area contributed by atoms with Crippen LogP contribution in [0.25, 0.3) is 0 Å². The Kier molecular flexibility index (Phi) is 4.52. The smallest absolute Gasteiger partial charge is 0.152 e. The summed E-state index contributed by atoms with van der Waals surface area (Å²) in [6.07, 6.45) is 0.390. The van der Waals surface area contributed by atoms with Gasteiger partial charge in [0.2, 0.25) is 0 Å². The molecule has 0 unspecified atom stereocenters. The number of nitrogens with zero attached hydrogens (tertiary/aromatic N) is 3. The van der Waals surface area contributed by atoms with Gasteiger partial charge in [0.05, 0.1) is 25.7 Å². The van der Waals surface area contributed by atoms with Crippen LogP contribution in [0.1, 0.15) is 18.3 Å². The van der Waals surface area contributed by atoms with E-state index in [0.29, 0.717) is 24.6 Å². The number of amidine groups is 1. The van der Waals surface area contributed by atoms with Crippen LogP contribution in [0.15, 0.2) is 6.33 Å². The van der Waals surface area contributed by atoms with E-state index in [-0.39, 0.29) is 36.8 Å². The number of hydrogen-bond acceptors (Lipinski definition) is 6. The second-order valence-corrected chi connectivity index (χ2v) is 4.85. The second-order valence-electron chi connectivity index (χ2n) is 4.85. The van der Waals surface area contributed by atoms with Crippen molar-refractivity contribution in [2.45, 2.75) is 24.9 Å². The second kappa shape index (κ2) is 5.84. The first-order valence-corrected chi connectivity index (χ1v) is 6.17. The summed E-state index contributed by atoms with van der Waals surface area (Å²) in [5.41, 5.74) is 0.569. The summed E-state index contributed by atoms with van der Waals surface area (Å²) < 4.78 is 7.37. The first kappa shape index (κ1) is 15.5. The number of aromatic nitrogens is 2. The van der Waals surface area contributed by atoms with Crippen molar-refractivity contribution >= 4 is 35.6 Å². The molecule has 0 aromatic carbocycles. The number of aliphatic hydroxyl groups is 2. The van der Waals surface area contributed by atoms with E-state index < -0.39 is 12.2 Å². The lowest BCUT2D eigenvalue weighted by molar-refractivity contribution is -0.0437. The number of fused-ring (bicyclic) bond motifs is 1. The van der Waals surface area contributed by atoms with Crippen molar-refractivity contribution in [2.24, 2.45) is 0 Å². The van der Waals surface area contributed by atoms with E-state index in [1.807, 2.05) is 7.05 Å². The molecule has 9 heteroatoms. The molecule has 20 heavy (non-hydrogen) atoms. The lowest BCUT2D eigenvalue weighted by Gasteiger charge is -2.27. The van der Waals surface area contributed by atoms with Gasteiger partial charge in [-0.05, 0) is 0 Å². The first-order chi connectivity index (χ1) is 9.11. The van der Waals surface area contributed by atoms with Crippen LogP contribution < -0.4 is 5.32 Å². The van der Waals surface area contributed by atoms with Crippen LogP contribution in [0.3, 0.4) is 0 Å². The zero-order valence-electron chi connectivity index (χ0n) is 11.0. The molecule has 1 fully saturated rings. The fourth-order valence-corrected chi connectivity index (χ4v) is 2.43. The molecule has 0 amide bonds. The third kappa shape index (κ3) is 2.38. The number of rotatable bonds is 2. The highest BCUT2D eigenvalue weighted by Gasteiger charge is 2.36. The van der Waals surface area contributed by atoms with Crippen LogP contribution in [0.5, 0.6) is 0 Å². The number of nitrogens with one attached hydrogen (secondary N) is 2. The highest BCUT2D eigenvalue weighted by Crippen LogP contribution is 2.33. The molecule has 4 N–H and O–H groups in total. The largest absolute Gasteiger partial charge is 0.394 e. The molecule has 112 valence electrons. The van der Waals surface area contributed by atoms with Gasteiger partial charge in [0, 0.05) is 13.5 Å². The van der Waals surface area contributed by atoms with Gasteiger partial charge in [0.25, 0.3) is 0 Å². The molecule has 0 radical (unpaired) electrons. The van der Waals surface area contributed by atoms with Crippen LogP contribution in [-0.4, -0.2) is 63.0 Å². The Morgan fingerprint density at radius 3 is 3.00 bits per heavy atom. The van der Waals surface area contributed by atoms with Crippen molar-refractivity contribution in [2.75, 3.05) is 25.6 Å². The summed E-state index contributed by atoms with van der Waals surface area (Å²) in [5, 5.41) is 30.0. The molecular weight excluding hydrogens is 377 g/mol. The molecule has 3 atom stereocenters. The third-order valence-corrected chi connectivity index (χ3v) is 3.58. The van der Waals surface area contributed by atoms with Gasteiger partial charge in [-0.3, -0.25) is 9.98 Å². The number of imidazole rings is 1. The third-order valence-electron chi connectivity index (χ3n) is 3.58. The number of anilines is 1. The Bertz CT molecular complexity index is 508. The van der Waals surface area contributed by atoms with Gasteiger partial charge in [-0.15, -0.1) is 24.0 Å². The van der Waals surface area contributed by atoms with Crippen LogP contribution in [-0.2, 0) is 4.74 Å². The lowest BCUT2D eigenvalue weighted by Crippen LogP contribution is -2.37. The summed E-state index contributed by atoms with van der Waals surface area (Å²) in [7, 11) is 1.81. The van der Waals surface area contributed by atoms with Gasteiger partial charge in [-0.25, -0.2) is 4.98 Å². The standard InChI is InChI=1S/C11H17N5O3.HI/c1-15-4-14-11-9(10(15)12)13-5-16(11)8-2-6(18)7(3-17)19-8;/h5-8,12,14,17-18H,2-4H2,1H3;1H/t6-,7+,8+;/m0./s1. The molecular formula is C11H18IN5O3. The van der Waals surface area contributed by atoms with Gasteiger partial charge in [0.1, 0.15) is 23.8 Å². The predicted molar refractivity (Wildman–Crippen MR) is 82.3 cm³/mol. The number of hydrogen-bond donors (Lipinski definition) is 4. The quantitative estimate of drug-likeness (QED) is 0.516. The van der Waals surface area contributed by atoms with E-state index in [1.54, 1.807) is 15.8 Å². The summed E-state index contributed by atoms with van der Waals surface area (Å²) in [5.74, 6) is 1.07. The van der Waals surface area contributed by atoms with Gasteiger partial charge in [0.15, 0.2) is 5.84 Å². The van der Waals surface area contributed by atoms with Crippen LogP contribution in [0.2, 0.25) is 0 Å². The zero-order valence-corrected chi connectivity index (χ0v) is 13.3. The van der Waals surface area contributed by atoms with E-state index in [1.165, 1.54) is 0 Å². The summed E-state index contributed by atoms with van der Waals surface area (Å²) in [6.45, 7) is 0.316. The molecule has 2 aliphatic rings. The van der Waals surface area contributed by atoms with Gasteiger partial charge in [-0.2, -0.15) is 0 Å². The Labute approximate surface area is 133 Å². The van der Waals surface area contributed by atoms with Crippen molar-refractivity contribution in [3.8, 4) is 0 Å². The van der Waals surface area contributed by atoms with Crippen molar-refractivity contribution in [3.05, 3.63) is 12.0 Å². The fourth-order valence-electron chi connectivity index (χ4n) is 2.43. The van der Waals surface area contributed by atoms with Gasteiger partial charge in [-0.1, -0.05) is 0 Å². The number of halogens is 1. The summed E-state index contributed by atoms with van der Waals surface area (Å²) >= 11 is 0. The highest BCUT2D eigenvalue weighted by molar-refractivity contribution is 14.0. The van der Waals surface area contributed by atoms with E-state index in [9.17, 15) is 5.11 Å². The van der Waals surface area contributed by atoms with Gasteiger partial charge < -0.3 is 25.2 Å². The minimum Gasteiger partial charge on any atom is -0.394 e. The maximum atomic E-state index is 9.77. The number of aliphatic hydroxyl groups excluding tert-OH is 2. The molecule has 2 aliphatic heterocycles. The minimum absolute atomic E-state index is 0. The van der Waals surface area contributed by atoms with Crippen molar-refractivity contribution in [1.29, 1.82) is 5.41 Å². The Hall–Kier alpha value is -0.910. The van der Waals surface area contributed by atoms with Crippen molar-refractivity contribution < 1.29 is 14.9 Å². The van der Waals surface area contributed by atoms with Gasteiger partial charge >= 0.3 is 0 Å². The molecule has 1 saturated heterocycles. The summed E-state index contributed by atoms with van der Waals surface area (Å²) in [6, 6.07) is 0. The lowest BCUT2D eigenvalue weighted by atomic mass is 10.2. The molecule has 3 heterocycles. The molecule has 1 aromatic heterocycles. The molecule has 3 rings (SSSR count). The summed E-state index contributed by atoms with van der Waals surface area (Å²) in [4.78, 5) is 5.97. The first-order valence-electron chi connectivity index (χ1n) is 6.17. The minimum atomic E-state index is -0.682. The highest BCUT2D eigenvalue weighted by atomic mass is 127. The topological polar surface area (TPSA) is 107 Å². The average Bonchev–Trinajstić information content (AvgIpc) is 2.97. The normalized spacial score (nSPS) is 28.9.